The van der Waals surface area contributed by atoms with Crippen molar-refractivity contribution in [2.24, 2.45) is 0 Å². The lowest BCUT2D eigenvalue weighted by atomic mass is 10.2. The molecule has 1 aromatic carbocycles. The van der Waals surface area contributed by atoms with Crippen molar-refractivity contribution in [1.29, 1.82) is 0 Å². The fraction of sp³-hybridized carbons (Fsp3) is 0.357. The van der Waals surface area contributed by atoms with Crippen LogP contribution in [0.15, 0.2) is 33.2 Å². The summed E-state index contributed by atoms with van der Waals surface area (Å²) in [5.41, 5.74) is 0.733. The minimum absolute atomic E-state index is 0.140. The smallest absolute Gasteiger partial charge is 0.287 e. The Morgan fingerprint density at radius 1 is 1.33 bits per heavy atom. The van der Waals surface area contributed by atoms with Crippen molar-refractivity contribution in [3.63, 3.8) is 0 Å². The van der Waals surface area contributed by atoms with Gasteiger partial charge in [-0.15, -0.1) is 0 Å². The van der Waals surface area contributed by atoms with Gasteiger partial charge in [0.25, 0.3) is 5.91 Å². The summed E-state index contributed by atoms with van der Waals surface area (Å²) < 4.78 is 6.49. The normalized spacial score (nSPS) is 10.8. The Hall–Kier alpha value is -1.29. The second kappa shape index (κ2) is 6.05. The SMILES string of the molecule is CCCCCNC(=O)c1cc2cc(Br)ccc2o1. The van der Waals surface area contributed by atoms with Gasteiger partial charge in [-0.25, -0.2) is 0 Å². The number of carbonyl (C=O) groups excluding carboxylic acids is 1. The zero-order valence-corrected chi connectivity index (χ0v) is 11.9. The van der Waals surface area contributed by atoms with Gasteiger partial charge in [-0.1, -0.05) is 35.7 Å². The quantitative estimate of drug-likeness (QED) is 0.844. The van der Waals surface area contributed by atoms with Crippen molar-refractivity contribution in [2.75, 3.05) is 6.54 Å². The molecule has 96 valence electrons. The third-order valence-electron chi connectivity index (χ3n) is 2.77. The molecular formula is C14H16BrNO2. The first kappa shape index (κ1) is 13.1. The van der Waals surface area contributed by atoms with Crippen LogP contribution < -0.4 is 5.32 Å². The molecule has 0 spiro atoms. The van der Waals surface area contributed by atoms with E-state index in [1.165, 1.54) is 0 Å². The van der Waals surface area contributed by atoms with Crippen molar-refractivity contribution in [3.8, 4) is 0 Å². The number of furan rings is 1. The first-order valence-electron chi connectivity index (χ1n) is 6.18. The molecule has 0 saturated carbocycles. The predicted octanol–water partition coefficient (Wildman–Crippen LogP) is 4.12. The summed E-state index contributed by atoms with van der Waals surface area (Å²) in [6.07, 6.45) is 3.29. The van der Waals surface area contributed by atoms with Crippen molar-refractivity contribution in [3.05, 3.63) is 34.5 Å². The standard InChI is InChI=1S/C14H16BrNO2/c1-2-3-4-7-16-14(17)13-9-10-8-11(15)5-6-12(10)18-13/h5-6,8-9H,2-4,7H2,1H3,(H,16,17). The van der Waals surface area contributed by atoms with Gasteiger partial charge in [-0.2, -0.15) is 0 Å². The molecule has 3 nitrogen and oxygen atoms in total. The van der Waals surface area contributed by atoms with Crippen molar-refractivity contribution < 1.29 is 9.21 Å². The van der Waals surface area contributed by atoms with Crippen molar-refractivity contribution in [1.82, 2.24) is 5.32 Å². The highest BCUT2D eigenvalue weighted by Gasteiger charge is 2.11. The van der Waals surface area contributed by atoms with Gasteiger partial charge in [0.1, 0.15) is 5.58 Å². The zero-order valence-electron chi connectivity index (χ0n) is 10.3. The van der Waals surface area contributed by atoms with E-state index < -0.39 is 0 Å². The number of hydrogen-bond donors (Lipinski definition) is 1. The summed E-state index contributed by atoms with van der Waals surface area (Å²) in [5.74, 6) is 0.234. The molecular weight excluding hydrogens is 294 g/mol. The molecule has 4 heteroatoms. The molecule has 2 aromatic rings. The Morgan fingerprint density at radius 2 is 2.17 bits per heavy atom. The Labute approximate surface area is 115 Å². The molecule has 0 aliphatic carbocycles. The molecule has 0 atom stereocenters. The van der Waals surface area contributed by atoms with E-state index in [0.717, 1.165) is 34.7 Å². The molecule has 0 bridgehead atoms. The second-order valence-corrected chi connectivity index (χ2v) is 5.17. The van der Waals surface area contributed by atoms with E-state index >= 15 is 0 Å². The fourth-order valence-electron chi connectivity index (χ4n) is 1.79. The Balaban J connectivity index is 2.04. The third kappa shape index (κ3) is 3.13. The molecule has 0 fully saturated rings. The lowest BCUT2D eigenvalue weighted by Crippen LogP contribution is -2.23. The highest BCUT2D eigenvalue weighted by molar-refractivity contribution is 9.10. The minimum Gasteiger partial charge on any atom is -0.451 e. The van der Waals surface area contributed by atoms with Crippen LogP contribution in [0, 0.1) is 0 Å². The molecule has 1 aromatic heterocycles. The van der Waals surface area contributed by atoms with Crippen molar-refractivity contribution >= 4 is 32.8 Å². The number of hydrogen-bond acceptors (Lipinski definition) is 2. The van der Waals surface area contributed by atoms with Gasteiger partial charge in [-0.05, 0) is 30.7 Å². The van der Waals surface area contributed by atoms with Gasteiger partial charge in [0.15, 0.2) is 5.76 Å². The van der Waals surface area contributed by atoms with Crippen LogP contribution in [0.4, 0.5) is 0 Å². The van der Waals surface area contributed by atoms with E-state index in [-0.39, 0.29) is 5.91 Å². The number of amides is 1. The van der Waals surface area contributed by atoms with Gasteiger partial charge in [0.05, 0.1) is 0 Å². The average molecular weight is 310 g/mol. The second-order valence-electron chi connectivity index (χ2n) is 4.26. The molecule has 0 aliphatic heterocycles. The van der Waals surface area contributed by atoms with E-state index in [0.29, 0.717) is 12.3 Å². The van der Waals surface area contributed by atoms with E-state index in [9.17, 15) is 4.79 Å². The maximum atomic E-state index is 11.8. The lowest BCUT2D eigenvalue weighted by molar-refractivity contribution is 0.0927. The van der Waals surface area contributed by atoms with Crippen LogP contribution in [-0.2, 0) is 0 Å². The summed E-state index contributed by atoms with van der Waals surface area (Å²) in [4.78, 5) is 11.8. The molecule has 2 rings (SSSR count). The third-order valence-corrected chi connectivity index (χ3v) is 3.26. The monoisotopic (exact) mass is 309 g/mol. The largest absolute Gasteiger partial charge is 0.451 e. The predicted molar refractivity (Wildman–Crippen MR) is 75.8 cm³/mol. The fourth-order valence-corrected chi connectivity index (χ4v) is 2.17. The van der Waals surface area contributed by atoms with Crippen LogP contribution in [0.25, 0.3) is 11.0 Å². The highest BCUT2D eigenvalue weighted by Crippen LogP contribution is 2.23. The Kier molecular flexibility index (Phi) is 4.42. The summed E-state index contributed by atoms with van der Waals surface area (Å²) in [6.45, 7) is 2.84. The van der Waals surface area contributed by atoms with Gasteiger partial charge >= 0.3 is 0 Å². The van der Waals surface area contributed by atoms with Crippen LogP contribution in [0.5, 0.6) is 0 Å². The number of nitrogens with one attached hydrogen (secondary N) is 1. The molecule has 1 N–H and O–H groups in total. The number of halogens is 1. The van der Waals surface area contributed by atoms with E-state index in [1.807, 2.05) is 18.2 Å². The van der Waals surface area contributed by atoms with Crippen LogP contribution in [0.2, 0.25) is 0 Å². The molecule has 0 unspecified atom stereocenters. The highest BCUT2D eigenvalue weighted by atomic mass is 79.9. The van der Waals surface area contributed by atoms with Crippen LogP contribution in [0.1, 0.15) is 36.7 Å². The molecule has 0 saturated heterocycles. The van der Waals surface area contributed by atoms with Crippen LogP contribution in [0.3, 0.4) is 0 Å². The molecule has 0 radical (unpaired) electrons. The Morgan fingerprint density at radius 3 is 2.94 bits per heavy atom. The van der Waals surface area contributed by atoms with Gasteiger partial charge in [0.2, 0.25) is 0 Å². The maximum absolute atomic E-state index is 11.8. The van der Waals surface area contributed by atoms with Crippen molar-refractivity contribution in [2.45, 2.75) is 26.2 Å². The molecule has 1 heterocycles. The lowest BCUT2D eigenvalue weighted by Gasteiger charge is -2.01. The molecule has 0 aliphatic rings. The van der Waals surface area contributed by atoms with Gasteiger partial charge in [-0.3, -0.25) is 4.79 Å². The minimum atomic E-state index is -0.140. The molecule has 1 amide bonds. The first-order valence-corrected chi connectivity index (χ1v) is 6.97. The van der Waals surface area contributed by atoms with Gasteiger partial charge < -0.3 is 9.73 Å². The number of benzene rings is 1. The Bertz CT molecular complexity index is 548. The summed E-state index contributed by atoms with van der Waals surface area (Å²) >= 11 is 3.40. The first-order chi connectivity index (χ1) is 8.70. The molecule has 18 heavy (non-hydrogen) atoms. The van der Waals surface area contributed by atoms with Crippen LogP contribution in [-0.4, -0.2) is 12.5 Å². The number of rotatable bonds is 5. The summed E-state index contributed by atoms with van der Waals surface area (Å²) in [5, 5.41) is 3.80. The number of unbranched alkanes of at least 4 members (excludes halogenated alkanes) is 2. The summed E-state index contributed by atoms with van der Waals surface area (Å²) in [7, 11) is 0. The number of carbonyl (C=O) groups is 1. The number of fused-ring (bicyclic) bond motifs is 1. The zero-order chi connectivity index (χ0) is 13.0. The van der Waals surface area contributed by atoms with E-state index in [1.54, 1.807) is 6.07 Å². The van der Waals surface area contributed by atoms with E-state index in [4.69, 9.17) is 4.42 Å². The van der Waals surface area contributed by atoms with E-state index in [2.05, 4.69) is 28.2 Å². The topological polar surface area (TPSA) is 42.2 Å². The summed E-state index contributed by atoms with van der Waals surface area (Å²) in [6, 6.07) is 7.46. The average Bonchev–Trinajstić information content (AvgIpc) is 2.77. The maximum Gasteiger partial charge on any atom is 0.287 e. The van der Waals surface area contributed by atoms with Gasteiger partial charge in [0, 0.05) is 16.4 Å². The van der Waals surface area contributed by atoms with Crippen LogP contribution >= 0.6 is 15.9 Å².